The Morgan fingerprint density at radius 1 is 1.29 bits per heavy atom. The molecule has 14 heavy (non-hydrogen) atoms. The van der Waals surface area contributed by atoms with E-state index in [0.717, 1.165) is 25.7 Å². The molecule has 0 heterocycles. The number of thioether (sulfide) groups is 1. The van der Waals surface area contributed by atoms with Crippen LogP contribution in [0.15, 0.2) is 0 Å². The lowest BCUT2D eigenvalue weighted by atomic mass is 10.3. The molecule has 2 nitrogen and oxygen atoms in total. The van der Waals surface area contributed by atoms with Crippen molar-refractivity contribution in [2.75, 3.05) is 12.3 Å². The summed E-state index contributed by atoms with van der Waals surface area (Å²) in [5.74, 6) is -0.00375. The molecule has 0 radical (unpaired) electrons. The van der Waals surface area contributed by atoms with E-state index in [2.05, 4.69) is 5.48 Å². The molecule has 0 aromatic rings. The lowest BCUT2D eigenvalue weighted by molar-refractivity contribution is -0.0339. The first-order chi connectivity index (χ1) is 6.58. The van der Waals surface area contributed by atoms with Gasteiger partial charge in [-0.25, -0.2) is 5.48 Å². The zero-order valence-electron chi connectivity index (χ0n) is 7.77. The summed E-state index contributed by atoms with van der Waals surface area (Å²) < 4.78 is 35.0. The molecule has 0 bridgehead atoms. The topological polar surface area (TPSA) is 21.3 Å². The standard InChI is InChI=1S/C8H14F3NOS/c9-8(10,11)14-6-5-12-13-7-3-1-2-4-7/h7,12H,1-6H2. The van der Waals surface area contributed by atoms with E-state index in [1.54, 1.807) is 0 Å². The molecule has 1 fully saturated rings. The molecule has 0 aliphatic heterocycles. The van der Waals surface area contributed by atoms with Gasteiger partial charge in [0.15, 0.2) is 0 Å². The van der Waals surface area contributed by atoms with Crippen LogP contribution in [0.3, 0.4) is 0 Å². The Hall–Kier alpha value is 0.0600. The lowest BCUT2D eigenvalue weighted by Gasteiger charge is -2.11. The summed E-state index contributed by atoms with van der Waals surface area (Å²) in [5, 5.41) is 0. The number of hydroxylamine groups is 1. The Morgan fingerprint density at radius 3 is 2.50 bits per heavy atom. The Balaban J connectivity index is 1.89. The molecule has 0 unspecified atom stereocenters. The molecule has 1 aliphatic carbocycles. The van der Waals surface area contributed by atoms with Gasteiger partial charge >= 0.3 is 5.51 Å². The SMILES string of the molecule is FC(F)(F)SCCNOC1CCCC1. The summed E-state index contributed by atoms with van der Waals surface area (Å²) in [7, 11) is 0. The predicted octanol–water partition coefficient (Wildman–Crippen LogP) is 2.70. The van der Waals surface area contributed by atoms with Crippen molar-refractivity contribution in [3.63, 3.8) is 0 Å². The molecule has 0 atom stereocenters. The van der Waals surface area contributed by atoms with Crippen LogP contribution in [0.5, 0.6) is 0 Å². The van der Waals surface area contributed by atoms with Crippen molar-refractivity contribution in [2.45, 2.75) is 37.3 Å². The molecule has 1 rings (SSSR count). The maximum Gasteiger partial charge on any atom is 0.441 e. The van der Waals surface area contributed by atoms with E-state index in [4.69, 9.17) is 4.84 Å². The summed E-state index contributed by atoms with van der Waals surface area (Å²) in [4.78, 5) is 5.19. The lowest BCUT2D eigenvalue weighted by Crippen LogP contribution is -2.24. The predicted molar refractivity (Wildman–Crippen MR) is 49.9 cm³/mol. The average Bonchev–Trinajstić information content (AvgIpc) is 2.54. The van der Waals surface area contributed by atoms with Crippen molar-refractivity contribution in [1.82, 2.24) is 5.48 Å². The second-order valence-corrected chi connectivity index (χ2v) is 4.37. The number of hydrogen-bond donors (Lipinski definition) is 1. The van der Waals surface area contributed by atoms with Gasteiger partial charge in [-0.1, -0.05) is 12.8 Å². The van der Waals surface area contributed by atoms with Crippen LogP contribution in [0.4, 0.5) is 13.2 Å². The van der Waals surface area contributed by atoms with E-state index in [1.807, 2.05) is 0 Å². The molecular weight excluding hydrogens is 215 g/mol. The summed E-state index contributed by atoms with van der Waals surface area (Å²) in [6.45, 7) is 0.237. The highest BCUT2D eigenvalue weighted by atomic mass is 32.2. The second kappa shape index (κ2) is 5.82. The summed E-state index contributed by atoms with van der Waals surface area (Å²) in [6.07, 6.45) is 4.54. The Labute approximate surface area is 85.5 Å². The van der Waals surface area contributed by atoms with Gasteiger partial charge in [0.2, 0.25) is 0 Å². The van der Waals surface area contributed by atoms with Crippen molar-refractivity contribution in [3.8, 4) is 0 Å². The molecule has 1 N–H and O–H groups in total. The molecule has 1 aliphatic rings. The van der Waals surface area contributed by atoms with Crippen molar-refractivity contribution in [2.24, 2.45) is 0 Å². The van der Waals surface area contributed by atoms with Crippen LogP contribution in [0.2, 0.25) is 0 Å². The molecule has 1 saturated carbocycles. The first kappa shape index (κ1) is 12.1. The fourth-order valence-corrected chi connectivity index (χ4v) is 1.81. The van der Waals surface area contributed by atoms with Gasteiger partial charge in [0.25, 0.3) is 0 Å². The van der Waals surface area contributed by atoms with E-state index in [9.17, 15) is 13.2 Å². The second-order valence-electron chi connectivity index (χ2n) is 3.21. The van der Waals surface area contributed by atoms with Gasteiger partial charge in [0, 0.05) is 12.3 Å². The first-order valence-corrected chi connectivity index (χ1v) is 5.66. The highest BCUT2D eigenvalue weighted by Gasteiger charge is 2.27. The first-order valence-electron chi connectivity index (χ1n) is 4.67. The van der Waals surface area contributed by atoms with Crippen molar-refractivity contribution in [1.29, 1.82) is 0 Å². The summed E-state index contributed by atoms with van der Waals surface area (Å²) >= 11 is -0.0264. The van der Waals surface area contributed by atoms with Gasteiger partial charge in [-0.2, -0.15) is 13.2 Å². The van der Waals surface area contributed by atoms with Crippen LogP contribution in [0.1, 0.15) is 25.7 Å². The Morgan fingerprint density at radius 2 is 1.93 bits per heavy atom. The summed E-state index contributed by atoms with van der Waals surface area (Å²) in [6, 6.07) is 0. The maximum atomic E-state index is 11.7. The van der Waals surface area contributed by atoms with Gasteiger partial charge in [-0.05, 0) is 24.6 Å². The fourth-order valence-electron chi connectivity index (χ4n) is 1.39. The van der Waals surface area contributed by atoms with Crippen molar-refractivity contribution < 1.29 is 18.0 Å². The van der Waals surface area contributed by atoms with Crippen molar-refractivity contribution >= 4 is 11.8 Å². The third kappa shape index (κ3) is 5.72. The van der Waals surface area contributed by atoms with Crippen LogP contribution < -0.4 is 5.48 Å². The number of alkyl halides is 3. The third-order valence-corrected chi connectivity index (χ3v) is 2.76. The van der Waals surface area contributed by atoms with E-state index >= 15 is 0 Å². The molecule has 84 valence electrons. The number of rotatable bonds is 5. The average molecular weight is 229 g/mol. The van der Waals surface area contributed by atoms with Crippen LogP contribution in [-0.2, 0) is 4.84 Å². The van der Waals surface area contributed by atoms with Gasteiger partial charge < -0.3 is 0 Å². The fraction of sp³-hybridized carbons (Fsp3) is 1.00. The quantitative estimate of drug-likeness (QED) is 0.578. The van der Waals surface area contributed by atoms with Gasteiger partial charge in [-0.3, -0.25) is 4.84 Å². The summed E-state index contributed by atoms with van der Waals surface area (Å²) in [5.41, 5.74) is -1.55. The third-order valence-electron chi connectivity index (χ3n) is 2.02. The number of hydrogen-bond acceptors (Lipinski definition) is 3. The minimum atomic E-state index is -4.13. The van der Waals surface area contributed by atoms with E-state index in [-0.39, 0.29) is 30.2 Å². The molecular formula is C8H14F3NOS. The number of nitrogens with one attached hydrogen (secondary N) is 1. The van der Waals surface area contributed by atoms with Gasteiger partial charge in [0.1, 0.15) is 0 Å². The minimum Gasteiger partial charge on any atom is -0.298 e. The van der Waals surface area contributed by atoms with Gasteiger partial charge in [-0.15, -0.1) is 0 Å². The molecule has 0 spiro atoms. The zero-order valence-corrected chi connectivity index (χ0v) is 8.59. The highest BCUT2D eigenvalue weighted by molar-refractivity contribution is 8.00. The van der Waals surface area contributed by atoms with E-state index in [0.29, 0.717) is 0 Å². The van der Waals surface area contributed by atoms with Crippen LogP contribution in [0.25, 0.3) is 0 Å². The van der Waals surface area contributed by atoms with E-state index < -0.39 is 5.51 Å². The Kier molecular flexibility index (Phi) is 5.05. The normalized spacial score (nSPS) is 19.1. The van der Waals surface area contributed by atoms with Crippen LogP contribution in [-0.4, -0.2) is 23.9 Å². The van der Waals surface area contributed by atoms with Crippen LogP contribution >= 0.6 is 11.8 Å². The molecule has 6 heteroatoms. The molecule has 0 amide bonds. The smallest absolute Gasteiger partial charge is 0.298 e. The number of halogens is 3. The highest BCUT2D eigenvalue weighted by Crippen LogP contribution is 2.29. The molecule has 0 saturated heterocycles. The van der Waals surface area contributed by atoms with Gasteiger partial charge in [0.05, 0.1) is 6.10 Å². The molecule has 0 aromatic carbocycles. The minimum absolute atomic E-state index is 0.00375. The van der Waals surface area contributed by atoms with Crippen LogP contribution in [0, 0.1) is 0 Å². The van der Waals surface area contributed by atoms with Crippen molar-refractivity contribution in [3.05, 3.63) is 0 Å². The van der Waals surface area contributed by atoms with E-state index in [1.165, 1.54) is 0 Å². The largest absolute Gasteiger partial charge is 0.441 e. The Bertz CT molecular complexity index is 159. The zero-order chi connectivity index (χ0) is 10.4. The maximum absolute atomic E-state index is 11.7. The monoisotopic (exact) mass is 229 g/mol. The molecule has 0 aromatic heterocycles.